The van der Waals surface area contributed by atoms with Crippen molar-refractivity contribution in [3.05, 3.63) is 65.2 Å². The Balaban J connectivity index is 1.60. The Labute approximate surface area is 158 Å². The lowest BCUT2D eigenvalue weighted by molar-refractivity contribution is 0.0656. The van der Waals surface area contributed by atoms with Crippen LogP contribution in [0.25, 0.3) is 0 Å². The zero-order chi connectivity index (χ0) is 19.4. The molecule has 2 amide bonds. The Hall–Kier alpha value is -2.71. The standard InChI is InChI=1S/C19H20N2O5S/c1-26-12-13-27(24,25)20-15-8-6-14(7-9-15)10-11-21-18(22)16-4-2-3-5-17(16)19(21)23/h2-9,20H,10-13H2,1H3. The number of benzene rings is 2. The molecule has 0 bridgehead atoms. The van der Waals surface area contributed by atoms with Crippen molar-refractivity contribution in [1.29, 1.82) is 0 Å². The van der Waals surface area contributed by atoms with Crippen LogP contribution in [0.2, 0.25) is 0 Å². The summed E-state index contributed by atoms with van der Waals surface area (Å²) in [5, 5.41) is 0. The fourth-order valence-corrected chi connectivity index (χ4v) is 3.83. The SMILES string of the molecule is COCCS(=O)(=O)Nc1ccc(CCN2C(=O)c3ccccc3C2=O)cc1. The van der Waals surface area contributed by atoms with Crippen molar-refractivity contribution in [2.45, 2.75) is 6.42 Å². The van der Waals surface area contributed by atoms with Gasteiger partial charge in [-0.15, -0.1) is 0 Å². The lowest BCUT2D eigenvalue weighted by Crippen LogP contribution is -2.31. The van der Waals surface area contributed by atoms with E-state index in [1.807, 2.05) is 0 Å². The number of methoxy groups -OCH3 is 1. The summed E-state index contributed by atoms with van der Waals surface area (Å²) in [6.07, 6.45) is 0.488. The minimum atomic E-state index is -3.45. The lowest BCUT2D eigenvalue weighted by atomic mass is 10.1. The van der Waals surface area contributed by atoms with Gasteiger partial charge in [0.05, 0.1) is 23.5 Å². The van der Waals surface area contributed by atoms with E-state index in [0.29, 0.717) is 23.2 Å². The van der Waals surface area contributed by atoms with Gasteiger partial charge in [0.2, 0.25) is 10.0 Å². The van der Waals surface area contributed by atoms with Gasteiger partial charge in [-0.2, -0.15) is 0 Å². The highest BCUT2D eigenvalue weighted by Crippen LogP contribution is 2.22. The number of fused-ring (bicyclic) bond motifs is 1. The average molecular weight is 388 g/mol. The number of anilines is 1. The predicted octanol–water partition coefficient (Wildman–Crippen LogP) is 1.91. The summed E-state index contributed by atoms with van der Waals surface area (Å²) in [7, 11) is -2.01. The van der Waals surface area contributed by atoms with E-state index in [1.165, 1.54) is 12.0 Å². The first-order valence-corrected chi connectivity index (χ1v) is 10.1. The molecule has 0 unspecified atom stereocenters. The normalized spacial score (nSPS) is 13.7. The largest absolute Gasteiger partial charge is 0.384 e. The van der Waals surface area contributed by atoms with Crippen LogP contribution in [0.1, 0.15) is 26.3 Å². The third-order valence-electron chi connectivity index (χ3n) is 4.29. The van der Waals surface area contributed by atoms with Crippen molar-refractivity contribution in [2.24, 2.45) is 0 Å². The van der Waals surface area contributed by atoms with Gasteiger partial charge in [0, 0.05) is 19.3 Å². The van der Waals surface area contributed by atoms with Gasteiger partial charge < -0.3 is 4.74 Å². The molecule has 1 aliphatic rings. The molecule has 1 N–H and O–H groups in total. The number of hydrogen-bond donors (Lipinski definition) is 1. The molecule has 0 atom stereocenters. The van der Waals surface area contributed by atoms with Crippen molar-refractivity contribution in [3.63, 3.8) is 0 Å². The van der Waals surface area contributed by atoms with E-state index in [4.69, 9.17) is 4.74 Å². The summed E-state index contributed by atoms with van der Waals surface area (Å²) < 4.78 is 31.0. The van der Waals surface area contributed by atoms with Gasteiger partial charge in [-0.05, 0) is 36.2 Å². The number of nitrogens with zero attached hydrogens (tertiary/aromatic N) is 1. The van der Waals surface area contributed by atoms with Gasteiger partial charge in [0.15, 0.2) is 0 Å². The molecule has 8 heteroatoms. The first-order chi connectivity index (χ1) is 12.9. The molecular formula is C19H20N2O5S. The summed E-state index contributed by atoms with van der Waals surface area (Å²) in [6.45, 7) is 0.388. The van der Waals surface area contributed by atoms with Gasteiger partial charge >= 0.3 is 0 Å². The fourth-order valence-electron chi connectivity index (χ4n) is 2.85. The van der Waals surface area contributed by atoms with Crippen molar-refractivity contribution >= 4 is 27.5 Å². The Morgan fingerprint density at radius 3 is 2.11 bits per heavy atom. The van der Waals surface area contributed by atoms with Crippen molar-refractivity contribution in [3.8, 4) is 0 Å². The van der Waals surface area contributed by atoms with Crippen LogP contribution >= 0.6 is 0 Å². The van der Waals surface area contributed by atoms with Crippen LogP contribution in [0, 0.1) is 0 Å². The summed E-state index contributed by atoms with van der Waals surface area (Å²) in [5.74, 6) is -0.679. The Kier molecular flexibility index (Phi) is 5.57. The maximum absolute atomic E-state index is 12.3. The molecular weight excluding hydrogens is 368 g/mol. The first-order valence-electron chi connectivity index (χ1n) is 8.45. The summed E-state index contributed by atoms with van der Waals surface area (Å²) in [6, 6.07) is 13.6. The number of rotatable bonds is 8. The molecule has 3 rings (SSSR count). The summed E-state index contributed by atoms with van der Waals surface area (Å²) in [5.41, 5.74) is 2.22. The van der Waals surface area contributed by atoms with Gasteiger partial charge in [0.1, 0.15) is 0 Å². The third-order valence-corrected chi connectivity index (χ3v) is 5.54. The molecule has 142 valence electrons. The molecule has 0 aliphatic carbocycles. The van der Waals surface area contributed by atoms with Crippen LogP contribution in [-0.2, 0) is 21.2 Å². The van der Waals surface area contributed by atoms with Crippen LogP contribution in [0.15, 0.2) is 48.5 Å². The van der Waals surface area contributed by atoms with Gasteiger partial charge in [-0.1, -0.05) is 24.3 Å². The molecule has 0 aromatic heterocycles. The first kappa shape index (κ1) is 19.1. The molecule has 27 heavy (non-hydrogen) atoms. The predicted molar refractivity (Wildman–Crippen MR) is 101 cm³/mol. The zero-order valence-corrected chi connectivity index (χ0v) is 15.7. The Bertz CT molecular complexity index is 919. The highest BCUT2D eigenvalue weighted by Gasteiger charge is 2.34. The smallest absolute Gasteiger partial charge is 0.261 e. The van der Waals surface area contributed by atoms with Crippen LogP contribution in [0.4, 0.5) is 5.69 Å². The van der Waals surface area contributed by atoms with Crippen molar-refractivity contribution in [2.75, 3.05) is 30.7 Å². The molecule has 2 aromatic carbocycles. The van der Waals surface area contributed by atoms with Gasteiger partial charge in [-0.25, -0.2) is 8.42 Å². The average Bonchev–Trinajstić information content (AvgIpc) is 2.90. The minimum absolute atomic E-state index is 0.119. The van der Waals surface area contributed by atoms with E-state index in [0.717, 1.165) is 5.56 Å². The Morgan fingerprint density at radius 2 is 1.56 bits per heavy atom. The van der Waals surface area contributed by atoms with Crippen molar-refractivity contribution < 1.29 is 22.7 Å². The quantitative estimate of drug-likeness (QED) is 0.698. The second-order valence-electron chi connectivity index (χ2n) is 6.17. The van der Waals surface area contributed by atoms with Crippen LogP contribution in [0.3, 0.4) is 0 Å². The molecule has 0 spiro atoms. The second kappa shape index (κ2) is 7.89. The lowest BCUT2D eigenvalue weighted by Gasteiger charge is -2.14. The number of ether oxygens (including phenoxy) is 1. The van der Waals surface area contributed by atoms with E-state index in [2.05, 4.69) is 4.72 Å². The maximum Gasteiger partial charge on any atom is 0.261 e. The number of sulfonamides is 1. The van der Waals surface area contributed by atoms with E-state index in [9.17, 15) is 18.0 Å². The summed E-state index contributed by atoms with van der Waals surface area (Å²) >= 11 is 0. The second-order valence-corrected chi connectivity index (χ2v) is 8.01. The number of nitrogens with one attached hydrogen (secondary N) is 1. The van der Waals surface area contributed by atoms with Crippen LogP contribution < -0.4 is 4.72 Å². The molecule has 1 aliphatic heterocycles. The topological polar surface area (TPSA) is 92.8 Å². The molecule has 0 saturated carbocycles. The number of carbonyl (C=O) groups excluding carboxylic acids is 2. The maximum atomic E-state index is 12.3. The number of amides is 2. The fraction of sp³-hybridized carbons (Fsp3) is 0.263. The van der Waals surface area contributed by atoms with E-state index >= 15 is 0 Å². The molecule has 0 fully saturated rings. The minimum Gasteiger partial charge on any atom is -0.384 e. The number of carbonyl (C=O) groups is 2. The number of imide groups is 1. The summed E-state index contributed by atoms with van der Waals surface area (Å²) in [4.78, 5) is 25.9. The molecule has 0 saturated heterocycles. The van der Waals surface area contributed by atoms with E-state index in [-0.39, 0.29) is 30.7 Å². The highest BCUT2D eigenvalue weighted by atomic mass is 32.2. The molecule has 1 heterocycles. The monoisotopic (exact) mass is 388 g/mol. The zero-order valence-electron chi connectivity index (χ0n) is 14.8. The van der Waals surface area contributed by atoms with E-state index < -0.39 is 10.0 Å². The highest BCUT2D eigenvalue weighted by molar-refractivity contribution is 7.92. The van der Waals surface area contributed by atoms with Gasteiger partial charge in [-0.3, -0.25) is 19.2 Å². The van der Waals surface area contributed by atoms with Gasteiger partial charge in [0.25, 0.3) is 11.8 Å². The number of hydrogen-bond acceptors (Lipinski definition) is 5. The molecule has 0 radical (unpaired) electrons. The van der Waals surface area contributed by atoms with Crippen LogP contribution in [0.5, 0.6) is 0 Å². The molecule has 7 nitrogen and oxygen atoms in total. The Morgan fingerprint density at radius 1 is 0.963 bits per heavy atom. The molecule has 2 aromatic rings. The van der Waals surface area contributed by atoms with Crippen LogP contribution in [-0.4, -0.2) is 51.1 Å². The van der Waals surface area contributed by atoms with E-state index in [1.54, 1.807) is 48.5 Å². The van der Waals surface area contributed by atoms with Crippen molar-refractivity contribution in [1.82, 2.24) is 4.90 Å². The third kappa shape index (κ3) is 4.35.